The Kier molecular flexibility index (Phi) is 6.39. The average molecular weight is 405 g/mol. The lowest BCUT2D eigenvalue weighted by Gasteiger charge is -2.12. The van der Waals surface area contributed by atoms with Crippen LogP contribution in [0.5, 0.6) is 5.75 Å². The van der Waals surface area contributed by atoms with Crippen molar-refractivity contribution < 1.29 is 19.2 Å². The maximum atomic E-state index is 12.7. The molecule has 0 spiro atoms. The number of rotatable bonds is 7. The van der Waals surface area contributed by atoms with Gasteiger partial charge in [0, 0.05) is 11.8 Å². The number of ether oxygens (including phenoxy) is 1. The molecular formula is C22H19N3O5. The Balaban J connectivity index is 1.79. The van der Waals surface area contributed by atoms with E-state index in [1.807, 2.05) is 6.92 Å². The van der Waals surface area contributed by atoms with Crippen LogP contribution in [0.3, 0.4) is 0 Å². The molecule has 0 aliphatic carbocycles. The number of nitrogens with one attached hydrogen (secondary N) is 2. The molecule has 0 saturated carbocycles. The molecule has 2 N–H and O–H groups in total. The van der Waals surface area contributed by atoms with E-state index in [2.05, 4.69) is 10.6 Å². The number of carbonyl (C=O) groups excluding carboxylic acids is 2. The smallest absolute Gasteiger partial charge is 0.282 e. The number of para-hydroxylation sites is 2. The van der Waals surface area contributed by atoms with E-state index < -0.39 is 16.7 Å². The van der Waals surface area contributed by atoms with E-state index in [4.69, 9.17) is 4.74 Å². The summed E-state index contributed by atoms with van der Waals surface area (Å²) in [5.41, 5.74) is 0.612. The second-order valence-corrected chi connectivity index (χ2v) is 6.19. The summed E-state index contributed by atoms with van der Waals surface area (Å²) in [6.07, 6.45) is 0. The molecule has 8 nitrogen and oxygen atoms in total. The minimum Gasteiger partial charge on any atom is -0.494 e. The average Bonchev–Trinajstić information content (AvgIpc) is 2.75. The second-order valence-electron chi connectivity index (χ2n) is 6.19. The molecule has 0 unspecified atom stereocenters. The highest BCUT2D eigenvalue weighted by Gasteiger charge is 2.21. The molecule has 0 aliphatic heterocycles. The van der Waals surface area contributed by atoms with Crippen molar-refractivity contribution in [3.63, 3.8) is 0 Å². The van der Waals surface area contributed by atoms with Gasteiger partial charge in [-0.05, 0) is 49.4 Å². The van der Waals surface area contributed by atoms with Gasteiger partial charge in [-0.25, -0.2) is 0 Å². The first-order valence-corrected chi connectivity index (χ1v) is 9.17. The first kappa shape index (κ1) is 20.5. The highest BCUT2D eigenvalue weighted by atomic mass is 16.6. The van der Waals surface area contributed by atoms with E-state index in [0.29, 0.717) is 18.0 Å². The van der Waals surface area contributed by atoms with Gasteiger partial charge in [0.05, 0.1) is 22.8 Å². The van der Waals surface area contributed by atoms with E-state index in [0.717, 1.165) is 0 Å². The van der Waals surface area contributed by atoms with Crippen LogP contribution in [-0.4, -0.2) is 23.3 Å². The maximum absolute atomic E-state index is 12.7. The van der Waals surface area contributed by atoms with Crippen LogP contribution in [0.4, 0.5) is 17.1 Å². The summed E-state index contributed by atoms with van der Waals surface area (Å²) < 4.78 is 5.37. The Labute approximate surface area is 172 Å². The highest BCUT2D eigenvalue weighted by molar-refractivity contribution is 6.13. The molecular weight excluding hydrogens is 386 g/mol. The number of nitro benzene ring substituents is 1. The number of amides is 2. The molecule has 0 bridgehead atoms. The quantitative estimate of drug-likeness (QED) is 0.444. The fourth-order valence-electron chi connectivity index (χ4n) is 2.80. The second kappa shape index (κ2) is 9.33. The predicted molar refractivity (Wildman–Crippen MR) is 113 cm³/mol. The largest absolute Gasteiger partial charge is 0.494 e. The Bertz CT molecular complexity index is 1080. The zero-order valence-corrected chi connectivity index (χ0v) is 16.1. The summed E-state index contributed by atoms with van der Waals surface area (Å²) in [6, 6.07) is 18.9. The van der Waals surface area contributed by atoms with Crippen LogP contribution in [0.15, 0.2) is 72.8 Å². The van der Waals surface area contributed by atoms with Gasteiger partial charge in [-0.2, -0.15) is 0 Å². The third-order valence-electron chi connectivity index (χ3n) is 4.19. The Morgan fingerprint density at radius 2 is 1.47 bits per heavy atom. The summed E-state index contributed by atoms with van der Waals surface area (Å²) in [5.74, 6) is -0.422. The molecule has 3 aromatic rings. The zero-order chi connectivity index (χ0) is 21.5. The lowest BCUT2D eigenvalue weighted by Crippen LogP contribution is -2.19. The number of carbonyl (C=O) groups is 2. The molecule has 0 saturated heterocycles. The first-order valence-electron chi connectivity index (χ1n) is 9.17. The van der Waals surface area contributed by atoms with Crippen LogP contribution in [0, 0.1) is 10.1 Å². The Morgan fingerprint density at radius 1 is 0.867 bits per heavy atom. The fraction of sp³-hybridized carbons (Fsp3) is 0.0909. The van der Waals surface area contributed by atoms with Gasteiger partial charge in [0.25, 0.3) is 17.5 Å². The molecule has 0 fully saturated rings. The van der Waals surface area contributed by atoms with Crippen LogP contribution < -0.4 is 15.4 Å². The van der Waals surface area contributed by atoms with Gasteiger partial charge >= 0.3 is 0 Å². The topological polar surface area (TPSA) is 111 Å². The Morgan fingerprint density at radius 3 is 2.13 bits per heavy atom. The normalized spacial score (nSPS) is 10.2. The van der Waals surface area contributed by atoms with Crippen molar-refractivity contribution in [3.8, 4) is 5.75 Å². The molecule has 152 valence electrons. The van der Waals surface area contributed by atoms with Gasteiger partial charge in [0.1, 0.15) is 11.3 Å². The first-order chi connectivity index (χ1) is 14.5. The van der Waals surface area contributed by atoms with Crippen LogP contribution in [-0.2, 0) is 0 Å². The van der Waals surface area contributed by atoms with Crippen LogP contribution in [0.2, 0.25) is 0 Å². The number of hydrogen-bond acceptors (Lipinski definition) is 5. The fourth-order valence-corrected chi connectivity index (χ4v) is 2.80. The van der Waals surface area contributed by atoms with Gasteiger partial charge in [0.2, 0.25) is 0 Å². The van der Waals surface area contributed by atoms with Crippen LogP contribution in [0.25, 0.3) is 0 Å². The van der Waals surface area contributed by atoms with E-state index in [1.165, 1.54) is 24.3 Å². The molecule has 0 aliphatic rings. The molecule has 3 rings (SSSR count). The lowest BCUT2D eigenvalue weighted by atomic mass is 10.1. The van der Waals surface area contributed by atoms with Gasteiger partial charge < -0.3 is 15.4 Å². The molecule has 0 aromatic heterocycles. The maximum Gasteiger partial charge on any atom is 0.282 e. The van der Waals surface area contributed by atoms with Crippen LogP contribution in [0.1, 0.15) is 27.6 Å². The molecule has 0 atom stereocenters. The van der Waals surface area contributed by atoms with Crippen molar-refractivity contribution in [2.45, 2.75) is 6.92 Å². The summed E-state index contributed by atoms with van der Waals surface area (Å²) in [5, 5.41) is 16.5. The van der Waals surface area contributed by atoms with Crippen molar-refractivity contribution in [1.29, 1.82) is 0 Å². The predicted octanol–water partition coefficient (Wildman–Crippen LogP) is 4.50. The number of anilines is 2. The minimum absolute atomic E-state index is 0.0933. The molecule has 0 radical (unpaired) electrons. The van der Waals surface area contributed by atoms with Crippen molar-refractivity contribution >= 4 is 28.9 Å². The molecule has 2 amide bonds. The number of benzene rings is 3. The minimum atomic E-state index is -0.677. The van der Waals surface area contributed by atoms with Gasteiger partial charge in [-0.15, -0.1) is 0 Å². The van der Waals surface area contributed by atoms with E-state index in [1.54, 1.807) is 48.5 Å². The van der Waals surface area contributed by atoms with E-state index in [9.17, 15) is 19.7 Å². The van der Waals surface area contributed by atoms with Gasteiger partial charge in [-0.3, -0.25) is 19.7 Å². The summed E-state index contributed by atoms with van der Waals surface area (Å²) in [6.45, 7) is 2.42. The number of hydrogen-bond donors (Lipinski definition) is 2. The molecule has 8 heteroatoms. The summed E-state index contributed by atoms with van der Waals surface area (Å²) >= 11 is 0. The third-order valence-corrected chi connectivity index (χ3v) is 4.19. The van der Waals surface area contributed by atoms with Crippen molar-refractivity contribution in [1.82, 2.24) is 0 Å². The van der Waals surface area contributed by atoms with Crippen molar-refractivity contribution in [2.24, 2.45) is 0 Å². The highest BCUT2D eigenvalue weighted by Crippen LogP contribution is 2.23. The van der Waals surface area contributed by atoms with Crippen LogP contribution >= 0.6 is 0 Å². The monoisotopic (exact) mass is 405 g/mol. The Hall–Kier alpha value is -4.20. The summed E-state index contributed by atoms with van der Waals surface area (Å²) in [4.78, 5) is 35.9. The number of nitro groups is 1. The van der Waals surface area contributed by atoms with E-state index >= 15 is 0 Å². The standard InChI is InChI=1S/C22H19N3O5/c1-2-30-16-13-11-15(12-14-16)23-21(26)17-7-3-5-9-19(17)24-22(27)18-8-4-6-10-20(18)25(28)29/h3-14H,2H2,1H3,(H,23,26)(H,24,27). The number of nitrogens with zero attached hydrogens (tertiary/aromatic N) is 1. The molecule has 3 aromatic carbocycles. The lowest BCUT2D eigenvalue weighted by molar-refractivity contribution is -0.385. The van der Waals surface area contributed by atoms with Crippen molar-refractivity contribution in [3.05, 3.63) is 94.0 Å². The van der Waals surface area contributed by atoms with E-state index in [-0.39, 0.29) is 22.5 Å². The third kappa shape index (κ3) is 4.79. The molecule has 0 heterocycles. The summed E-state index contributed by atoms with van der Waals surface area (Å²) in [7, 11) is 0. The molecule has 30 heavy (non-hydrogen) atoms. The zero-order valence-electron chi connectivity index (χ0n) is 16.1. The SMILES string of the molecule is CCOc1ccc(NC(=O)c2ccccc2NC(=O)c2ccccc2[N+](=O)[O-])cc1. The van der Waals surface area contributed by atoms with Crippen molar-refractivity contribution in [2.75, 3.05) is 17.2 Å². The van der Waals surface area contributed by atoms with Gasteiger partial charge in [0.15, 0.2) is 0 Å². The van der Waals surface area contributed by atoms with Gasteiger partial charge in [-0.1, -0.05) is 24.3 Å².